The van der Waals surface area contributed by atoms with Gasteiger partial charge in [0, 0.05) is 25.8 Å². The molecule has 5 nitrogen and oxygen atoms in total. The van der Waals surface area contributed by atoms with Gasteiger partial charge in [-0.2, -0.15) is 0 Å². The highest BCUT2D eigenvalue weighted by atomic mass is 19.1. The van der Waals surface area contributed by atoms with E-state index in [0.29, 0.717) is 25.3 Å². The Hall–Kier alpha value is -2.73. The van der Waals surface area contributed by atoms with Gasteiger partial charge in [0.05, 0.1) is 11.7 Å². The molecule has 0 saturated heterocycles. The van der Waals surface area contributed by atoms with Crippen molar-refractivity contribution in [2.45, 2.75) is 26.4 Å². The molecule has 2 rings (SSSR count). The number of carbonyl (C=O) groups excluding carboxylic acids is 2. The van der Waals surface area contributed by atoms with Crippen LogP contribution in [0.25, 0.3) is 0 Å². The van der Waals surface area contributed by atoms with Crippen LogP contribution in [0.1, 0.15) is 42.3 Å². The van der Waals surface area contributed by atoms with Crippen molar-refractivity contribution >= 4 is 17.5 Å². The van der Waals surface area contributed by atoms with Gasteiger partial charge in [0.25, 0.3) is 5.91 Å². The molecule has 1 atom stereocenters. The fraction of sp³-hybridized carbons (Fsp3) is 0.300. The van der Waals surface area contributed by atoms with E-state index in [0.717, 1.165) is 11.6 Å². The Kier molecular flexibility index (Phi) is 7.29. The lowest BCUT2D eigenvalue weighted by atomic mass is 10.1. The van der Waals surface area contributed by atoms with E-state index in [1.165, 1.54) is 19.1 Å². The average molecular weight is 358 g/mol. The third-order valence-electron chi connectivity index (χ3n) is 3.77. The summed E-state index contributed by atoms with van der Waals surface area (Å²) >= 11 is 0. The Bertz CT molecular complexity index is 750. The van der Waals surface area contributed by atoms with E-state index in [2.05, 4.69) is 10.6 Å². The normalized spacial score (nSPS) is 11.7. The van der Waals surface area contributed by atoms with Crippen LogP contribution in [0.2, 0.25) is 0 Å². The third-order valence-corrected chi connectivity index (χ3v) is 3.77. The number of hydrogen-bond donors (Lipinski definition) is 2. The van der Waals surface area contributed by atoms with Crippen molar-refractivity contribution in [3.8, 4) is 0 Å². The van der Waals surface area contributed by atoms with E-state index < -0.39 is 11.7 Å². The molecule has 0 aliphatic rings. The Morgan fingerprint density at radius 2 is 1.88 bits per heavy atom. The average Bonchev–Trinajstić information content (AvgIpc) is 2.63. The largest absolute Gasteiger partial charge is 0.374 e. The van der Waals surface area contributed by atoms with Gasteiger partial charge in [0.2, 0.25) is 5.91 Å². The Labute approximate surface area is 152 Å². The molecule has 26 heavy (non-hydrogen) atoms. The standard InChI is InChI=1S/C20H23FN2O3/c1-14(16-7-4-3-5-8-16)26-12-6-11-22-20(25)18-13-17(23-15(2)24)9-10-19(18)21/h3-5,7-10,13-14H,6,11-12H2,1-2H3,(H,22,25)(H,23,24). The molecule has 1 unspecified atom stereocenters. The Balaban J connectivity index is 1.77. The van der Waals surface area contributed by atoms with Crippen LogP contribution in [0.3, 0.4) is 0 Å². The zero-order valence-electron chi connectivity index (χ0n) is 14.9. The zero-order chi connectivity index (χ0) is 18.9. The van der Waals surface area contributed by atoms with Gasteiger partial charge >= 0.3 is 0 Å². The molecule has 2 aromatic carbocycles. The van der Waals surface area contributed by atoms with E-state index in [4.69, 9.17) is 4.74 Å². The van der Waals surface area contributed by atoms with Gasteiger partial charge < -0.3 is 15.4 Å². The second-order valence-corrected chi connectivity index (χ2v) is 5.91. The molecule has 0 aromatic heterocycles. The van der Waals surface area contributed by atoms with Crippen molar-refractivity contribution in [2.24, 2.45) is 0 Å². The predicted molar refractivity (Wildman–Crippen MR) is 98.5 cm³/mol. The molecule has 6 heteroatoms. The summed E-state index contributed by atoms with van der Waals surface area (Å²) in [7, 11) is 0. The molecule has 0 radical (unpaired) electrons. The molecule has 0 bridgehead atoms. The summed E-state index contributed by atoms with van der Waals surface area (Å²) in [5.41, 5.74) is 1.37. The van der Waals surface area contributed by atoms with Crippen LogP contribution in [-0.4, -0.2) is 25.0 Å². The van der Waals surface area contributed by atoms with Crippen LogP contribution in [0.4, 0.5) is 10.1 Å². The van der Waals surface area contributed by atoms with Gasteiger partial charge in [-0.15, -0.1) is 0 Å². The fourth-order valence-electron chi connectivity index (χ4n) is 2.43. The van der Waals surface area contributed by atoms with Gasteiger partial charge in [-0.1, -0.05) is 30.3 Å². The number of nitrogens with one attached hydrogen (secondary N) is 2. The molecule has 0 aliphatic heterocycles. The lowest BCUT2D eigenvalue weighted by molar-refractivity contribution is -0.114. The van der Waals surface area contributed by atoms with Gasteiger partial charge in [0.15, 0.2) is 0 Å². The number of amides is 2. The molecule has 2 N–H and O–H groups in total. The van der Waals surface area contributed by atoms with Crippen LogP contribution in [-0.2, 0) is 9.53 Å². The van der Waals surface area contributed by atoms with E-state index in [9.17, 15) is 14.0 Å². The van der Waals surface area contributed by atoms with Crippen molar-refractivity contribution < 1.29 is 18.7 Å². The highest BCUT2D eigenvalue weighted by molar-refractivity contribution is 5.97. The third kappa shape index (κ3) is 5.97. The Morgan fingerprint density at radius 3 is 2.58 bits per heavy atom. The molecule has 0 fully saturated rings. The van der Waals surface area contributed by atoms with Crippen LogP contribution >= 0.6 is 0 Å². The van der Waals surface area contributed by atoms with Gasteiger partial charge in [-0.25, -0.2) is 4.39 Å². The molecule has 2 aromatic rings. The van der Waals surface area contributed by atoms with Crippen LogP contribution in [0, 0.1) is 5.82 Å². The highest BCUT2D eigenvalue weighted by Crippen LogP contribution is 2.16. The van der Waals surface area contributed by atoms with Crippen LogP contribution in [0.15, 0.2) is 48.5 Å². The molecule has 0 saturated carbocycles. The lowest BCUT2D eigenvalue weighted by Gasteiger charge is -2.13. The van der Waals surface area contributed by atoms with E-state index in [-0.39, 0.29) is 17.6 Å². The summed E-state index contributed by atoms with van der Waals surface area (Å²) in [4.78, 5) is 23.2. The van der Waals surface area contributed by atoms with Gasteiger partial charge in [-0.3, -0.25) is 9.59 Å². The monoisotopic (exact) mass is 358 g/mol. The number of benzene rings is 2. The van der Waals surface area contributed by atoms with Crippen LogP contribution < -0.4 is 10.6 Å². The summed E-state index contributed by atoms with van der Waals surface area (Å²) in [5, 5.41) is 5.19. The van der Waals surface area contributed by atoms with E-state index in [1.54, 1.807) is 0 Å². The maximum atomic E-state index is 13.8. The summed E-state index contributed by atoms with van der Waals surface area (Å²) in [5.74, 6) is -1.44. The first-order chi connectivity index (χ1) is 12.5. The van der Waals surface area contributed by atoms with Crippen molar-refractivity contribution in [1.29, 1.82) is 0 Å². The minimum absolute atomic E-state index is 0.0290. The number of anilines is 1. The Morgan fingerprint density at radius 1 is 1.15 bits per heavy atom. The second kappa shape index (κ2) is 9.68. The minimum atomic E-state index is -0.634. The number of halogens is 1. The zero-order valence-corrected chi connectivity index (χ0v) is 14.9. The number of hydrogen-bond acceptors (Lipinski definition) is 3. The quantitative estimate of drug-likeness (QED) is 0.708. The minimum Gasteiger partial charge on any atom is -0.374 e. The smallest absolute Gasteiger partial charge is 0.254 e. The molecule has 138 valence electrons. The van der Waals surface area contributed by atoms with Crippen molar-refractivity contribution in [2.75, 3.05) is 18.5 Å². The van der Waals surface area contributed by atoms with E-state index >= 15 is 0 Å². The summed E-state index contributed by atoms with van der Waals surface area (Å²) in [6, 6.07) is 13.7. The maximum Gasteiger partial charge on any atom is 0.254 e. The number of ether oxygens (including phenoxy) is 1. The first kappa shape index (κ1) is 19.6. The SMILES string of the molecule is CC(=O)Nc1ccc(F)c(C(=O)NCCCOC(C)c2ccccc2)c1. The molecular weight excluding hydrogens is 335 g/mol. The first-order valence-electron chi connectivity index (χ1n) is 8.49. The molecule has 0 spiro atoms. The highest BCUT2D eigenvalue weighted by Gasteiger charge is 2.13. The van der Waals surface area contributed by atoms with Crippen molar-refractivity contribution in [1.82, 2.24) is 5.32 Å². The van der Waals surface area contributed by atoms with Gasteiger partial charge in [-0.05, 0) is 37.1 Å². The molecule has 0 heterocycles. The number of rotatable bonds is 8. The maximum absolute atomic E-state index is 13.8. The summed E-state index contributed by atoms with van der Waals surface area (Å²) < 4.78 is 19.6. The molecule has 0 aliphatic carbocycles. The second-order valence-electron chi connectivity index (χ2n) is 5.91. The van der Waals surface area contributed by atoms with Crippen molar-refractivity contribution in [3.63, 3.8) is 0 Å². The topological polar surface area (TPSA) is 67.4 Å². The summed E-state index contributed by atoms with van der Waals surface area (Å²) in [6.45, 7) is 4.16. The van der Waals surface area contributed by atoms with Gasteiger partial charge in [0.1, 0.15) is 5.82 Å². The fourth-order valence-corrected chi connectivity index (χ4v) is 2.43. The summed E-state index contributed by atoms with van der Waals surface area (Å²) in [6.07, 6.45) is 0.578. The predicted octanol–water partition coefficient (Wildman–Crippen LogP) is 3.68. The van der Waals surface area contributed by atoms with Crippen molar-refractivity contribution in [3.05, 3.63) is 65.5 Å². The number of carbonyl (C=O) groups is 2. The lowest BCUT2D eigenvalue weighted by Crippen LogP contribution is -2.26. The van der Waals surface area contributed by atoms with Crippen LogP contribution in [0.5, 0.6) is 0 Å². The van der Waals surface area contributed by atoms with E-state index in [1.807, 2.05) is 37.3 Å². The molecule has 2 amide bonds. The molecular formula is C20H23FN2O3. The first-order valence-corrected chi connectivity index (χ1v) is 8.49.